The van der Waals surface area contributed by atoms with E-state index < -0.39 is 0 Å². The number of aromatic nitrogens is 2. The molecule has 2 rings (SSSR count). The van der Waals surface area contributed by atoms with Crippen molar-refractivity contribution in [1.29, 1.82) is 0 Å². The number of anilines is 2. The van der Waals surface area contributed by atoms with Gasteiger partial charge < -0.3 is 10.6 Å². The van der Waals surface area contributed by atoms with E-state index in [1.807, 2.05) is 36.2 Å². The highest BCUT2D eigenvalue weighted by molar-refractivity contribution is 5.41. The molecule has 2 N–H and O–H groups in total. The molecule has 0 unspecified atom stereocenters. The van der Waals surface area contributed by atoms with Crippen molar-refractivity contribution in [3.05, 3.63) is 48.0 Å². The fourth-order valence-electron chi connectivity index (χ4n) is 1.48. The van der Waals surface area contributed by atoms with Crippen LogP contribution in [0.25, 0.3) is 0 Å². The molecule has 2 aromatic rings. The van der Waals surface area contributed by atoms with Gasteiger partial charge in [0.1, 0.15) is 5.82 Å². The molecule has 0 fully saturated rings. The van der Waals surface area contributed by atoms with Gasteiger partial charge in [-0.05, 0) is 17.7 Å². The minimum atomic E-state index is 0.442. The predicted molar refractivity (Wildman–Crippen MR) is 65.0 cm³/mol. The summed E-state index contributed by atoms with van der Waals surface area (Å²) < 4.78 is 0. The molecule has 82 valence electrons. The number of nitrogen functional groups attached to an aromatic ring is 1. The van der Waals surface area contributed by atoms with E-state index in [9.17, 15) is 0 Å². The van der Waals surface area contributed by atoms with Gasteiger partial charge >= 0.3 is 0 Å². The SMILES string of the molecule is CN(Cc1ccccc1)c1ccc(N)nn1. The Labute approximate surface area is 94.7 Å². The lowest BCUT2D eigenvalue weighted by Gasteiger charge is -2.17. The number of hydrogen-bond donors (Lipinski definition) is 1. The molecule has 0 amide bonds. The largest absolute Gasteiger partial charge is 0.382 e. The Balaban J connectivity index is 2.09. The van der Waals surface area contributed by atoms with Crippen LogP contribution in [0.15, 0.2) is 42.5 Å². The first-order valence-corrected chi connectivity index (χ1v) is 5.10. The second kappa shape index (κ2) is 4.61. The number of nitrogens with zero attached hydrogens (tertiary/aromatic N) is 3. The van der Waals surface area contributed by atoms with Crippen molar-refractivity contribution < 1.29 is 0 Å². The number of benzene rings is 1. The van der Waals surface area contributed by atoms with Crippen LogP contribution in [-0.2, 0) is 6.54 Å². The maximum atomic E-state index is 5.49. The maximum absolute atomic E-state index is 5.49. The Kier molecular flexibility index (Phi) is 3.00. The highest BCUT2D eigenvalue weighted by atomic mass is 15.3. The molecule has 0 aliphatic heterocycles. The molecule has 1 heterocycles. The van der Waals surface area contributed by atoms with Crippen LogP contribution in [0.4, 0.5) is 11.6 Å². The van der Waals surface area contributed by atoms with Crippen molar-refractivity contribution in [2.45, 2.75) is 6.54 Å². The molecule has 4 heteroatoms. The average molecular weight is 214 g/mol. The lowest BCUT2D eigenvalue weighted by atomic mass is 10.2. The molecule has 1 aromatic carbocycles. The summed E-state index contributed by atoms with van der Waals surface area (Å²) in [7, 11) is 1.98. The third-order valence-corrected chi connectivity index (χ3v) is 2.32. The third kappa shape index (κ3) is 2.48. The zero-order chi connectivity index (χ0) is 11.4. The summed E-state index contributed by atoms with van der Waals surface area (Å²) in [4.78, 5) is 2.03. The summed E-state index contributed by atoms with van der Waals surface area (Å²) in [6.07, 6.45) is 0. The summed E-state index contributed by atoms with van der Waals surface area (Å²) in [5, 5.41) is 7.85. The Morgan fingerprint density at radius 2 is 1.81 bits per heavy atom. The van der Waals surface area contributed by atoms with E-state index in [-0.39, 0.29) is 0 Å². The molecule has 0 aliphatic rings. The topological polar surface area (TPSA) is 55.0 Å². The Morgan fingerprint density at radius 1 is 1.06 bits per heavy atom. The van der Waals surface area contributed by atoms with Gasteiger partial charge in [0.2, 0.25) is 0 Å². The zero-order valence-corrected chi connectivity index (χ0v) is 9.17. The van der Waals surface area contributed by atoms with Crippen LogP contribution < -0.4 is 10.6 Å². The van der Waals surface area contributed by atoms with Crippen LogP contribution in [0.3, 0.4) is 0 Å². The normalized spacial score (nSPS) is 10.1. The van der Waals surface area contributed by atoms with E-state index in [1.165, 1.54) is 5.56 Å². The van der Waals surface area contributed by atoms with Crippen LogP contribution in [0, 0.1) is 0 Å². The van der Waals surface area contributed by atoms with Crippen LogP contribution >= 0.6 is 0 Å². The molecule has 0 saturated heterocycles. The maximum Gasteiger partial charge on any atom is 0.151 e. The van der Waals surface area contributed by atoms with Gasteiger partial charge in [0.05, 0.1) is 0 Å². The third-order valence-electron chi connectivity index (χ3n) is 2.32. The van der Waals surface area contributed by atoms with Gasteiger partial charge in [0.15, 0.2) is 5.82 Å². The molecule has 0 aliphatic carbocycles. The summed E-state index contributed by atoms with van der Waals surface area (Å²) >= 11 is 0. The van der Waals surface area contributed by atoms with Crippen molar-refractivity contribution >= 4 is 11.6 Å². The second-order valence-corrected chi connectivity index (χ2v) is 3.66. The van der Waals surface area contributed by atoms with Gasteiger partial charge in [0.25, 0.3) is 0 Å². The van der Waals surface area contributed by atoms with Crippen LogP contribution in [0.5, 0.6) is 0 Å². The van der Waals surface area contributed by atoms with E-state index in [0.29, 0.717) is 5.82 Å². The van der Waals surface area contributed by atoms with Crippen molar-refractivity contribution in [3.63, 3.8) is 0 Å². The van der Waals surface area contributed by atoms with Crippen molar-refractivity contribution in [2.75, 3.05) is 17.7 Å². The van der Waals surface area contributed by atoms with Gasteiger partial charge in [0, 0.05) is 13.6 Å². The van der Waals surface area contributed by atoms with E-state index in [2.05, 4.69) is 22.3 Å². The fraction of sp³-hybridized carbons (Fsp3) is 0.167. The molecule has 0 saturated carbocycles. The zero-order valence-electron chi connectivity index (χ0n) is 9.17. The summed E-state index contributed by atoms with van der Waals surface area (Å²) in [6.45, 7) is 0.805. The summed E-state index contributed by atoms with van der Waals surface area (Å²) in [5.41, 5.74) is 6.73. The lowest BCUT2D eigenvalue weighted by molar-refractivity contribution is 0.869. The van der Waals surface area contributed by atoms with Crippen molar-refractivity contribution in [2.24, 2.45) is 0 Å². The van der Waals surface area contributed by atoms with Gasteiger partial charge in [-0.15, -0.1) is 10.2 Å². The number of rotatable bonds is 3. The molecule has 0 spiro atoms. The molecule has 4 nitrogen and oxygen atoms in total. The molecule has 1 aromatic heterocycles. The van der Waals surface area contributed by atoms with Gasteiger partial charge in [-0.3, -0.25) is 0 Å². The minimum Gasteiger partial charge on any atom is -0.382 e. The predicted octanol–water partition coefficient (Wildman–Crippen LogP) is 1.70. The number of hydrogen-bond acceptors (Lipinski definition) is 4. The van der Waals surface area contributed by atoms with E-state index in [0.717, 1.165) is 12.4 Å². The molecular formula is C12H14N4. The second-order valence-electron chi connectivity index (χ2n) is 3.66. The van der Waals surface area contributed by atoms with Crippen LogP contribution in [-0.4, -0.2) is 17.2 Å². The average Bonchev–Trinajstić information content (AvgIpc) is 2.31. The highest BCUT2D eigenvalue weighted by Gasteiger charge is 2.03. The van der Waals surface area contributed by atoms with E-state index in [4.69, 9.17) is 5.73 Å². The minimum absolute atomic E-state index is 0.442. The van der Waals surface area contributed by atoms with Crippen molar-refractivity contribution in [3.8, 4) is 0 Å². The highest BCUT2D eigenvalue weighted by Crippen LogP contribution is 2.11. The number of nitrogens with two attached hydrogens (primary N) is 1. The van der Waals surface area contributed by atoms with Gasteiger partial charge in [-0.1, -0.05) is 30.3 Å². The smallest absolute Gasteiger partial charge is 0.151 e. The first-order chi connectivity index (χ1) is 7.75. The first-order valence-electron chi connectivity index (χ1n) is 5.10. The Morgan fingerprint density at radius 3 is 2.44 bits per heavy atom. The summed E-state index contributed by atoms with van der Waals surface area (Å²) in [6, 6.07) is 13.8. The first kappa shape index (κ1) is 10.4. The summed E-state index contributed by atoms with van der Waals surface area (Å²) in [5.74, 6) is 1.26. The molecule has 0 bridgehead atoms. The molecular weight excluding hydrogens is 200 g/mol. The monoisotopic (exact) mass is 214 g/mol. The fourth-order valence-corrected chi connectivity index (χ4v) is 1.48. The quantitative estimate of drug-likeness (QED) is 0.844. The standard InChI is InChI=1S/C12H14N4/c1-16(9-10-5-3-2-4-6-10)12-8-7-11(13)14-15-12/h2-8H,9H2,1H3,(H2,13,14). The molecule has 0 radical (unpaired) electrons. The van der Waals surface area contributed by atoms with Crippen LogP contribution in [0.1, 0.15) is 5.56 Å². The van der Waals surface area contributed by atoms with E-state index >= 15 is 0 Å². The molecule has 16 heavy (non-hydrogen) atoms. The lowest BCUT2D eigenvalue weighted by Crippen LogP contribution is -2.18. The van der Waals surface area contributed by atoms with Crippen molar-refractivity contribution in [1.82, 2.24) is 10.2 Å². The Bertz CT molecular complexity index is 438. The van der Waals surface area contributed by atoms with Gasteiger partial charge in [-0.2, -0.15) is 0 Å². The van der Waals surface area contributed by atoms with Gasteiger partial charge in [-0.25, -0.2) is 0 Å². The van der Waals surface area contributed by atoms with E-state index in [1.54, 1.807) is 6.07 Å². The van der Waals surface area contributed by atoms with Crippen LogP contribution in [0.2, 0.25) is 0 Å². The molecule has 0 atom stereocenters. The Hall–Kier alpha value is -2.10.